The van der Waals surface area contributed by atoms with Gasteiger partial charge in [0.1, 0.15) is 0 Å². The molecule has 0 bridgehead atoms. The van der Waals surface area contributed by atoms with Crippen molar-refractivity contribution in [3.8, 4) is 0 Å². The van der Waals surface area contributed by atoms with Crippen LogP contribution in [0, 0.1) is 5.92 Å². The molecular formula is C22H24N2O4. The molecule has 0 aromatic heterocycles. The Morgan fingerprint density at radius 3 is 2.68 bits per heavy atom. The molecule has 1 fully saturated rings. The van der Waals surface area contributed by atoms with Crippen LogP contribution < -0.4 is 10.2 Å². The lowest BCUT2D eigenvalue weighted by atomic mass is 10.1. The Bertz CT molecular complexity index is 851. The van der Waals surface area contributed by atoms with Gasteiger partial charge in [-0.15, -0.1) is 0 Å². The van der Waals surface area contributed by atoms with Crippen LogP contribution in [0.5, 0.6) is 0 Å². The van der Waals surface area contributed by atoms with E-state index < -0.39 is 5.97 Å². The van der Waals surface area contributed by atoms with E-state index in [1.807, 2.05) is 18.2 Å². The summed E-state index contributed by atoms with van der Waals surface area (Å²) in [6.45, 7) is 0.893. The molecule has 1 saturated heterocycles. The first-order chi connectivity index (χ1) is 13.6. The largest absolute Gasteiger partial charge is 0.465 e. The quantitative estimate of drug-likeness (QED) is 0.592. The van der Waals surface area contributed by atoms with Gasteiger partial charge < -0.3 is 15.0 Å². The number of ether oxygens (including phenoxy) is 1. The monoisotopic (exact) mass is 380 g/mol. The summed E-state index contributed by atoms with van der Waals surface area (Å²) in [5.41, 5.74) is 2.22. The molecule has 2 aromatic carbocycles. The zero-order chi connectivity index (χ0) is 19.9. The molecule has 1 heterocycles. The number of hydrogen-bond donors (Lipinski definition) is 1. The van der Waals surface area contributed by atoms with Gasteiger partial charge in [-0.05, 0) is 36.6 Å². The molecule has 1 aliphatic rings. The van der Waals surface area contributed by atoms with Gasteiger partial charge in [-0.25, -0.2) is 4.79 Å². The molecule has 28 heavy (non-hydrogen) atoms. The van der Waals surface area contributed by atoms with E-state index >= 15 is 0 Å². The van der Waals surface area contributed by atoms with Gasteiger partial charge in [0.05, 0.1) is 18.6 Å². The number of esters is 1. The van der Waals surface area contributed by atoms with Crippen molar-refractivity contribution in [3.63, 3.8) is 0 Å². The van der Waals surface area contributed by atoms with Crippen molar-refractivity contribution in [2.75, 3.05) is 25.1 Å². The standard InChI is InChI=1S/C22H24N2O4/c1-28-22(27)17-10-5-11-19(13-17)24-15-18(14-20(24)25)21(26)23-12-6-9-16-7-3-2-4-8-16/h2-5,7-8,10-11,13,18H,6,9,12,14-15H2,1H3,(H,23,26). The summed E-state index contributed by atoms with van der Waals surface area (Å²) in [6, 6.07) is 16.8. The van der Waals surface area contributed by atoms with Crippen molar-refractivity contribution in [2.24, 2.45) is 5.92 Å². The molecule has 1 unspecified atom stereocenters. The number of aryl methyl sites for hydroxylation is 1. The van der Waals surface area contributed by atoms with Crippen LogP contribution in [0.25, 0.3) is 0 Å². The van der Waals surface area contributed by atoms with Gasteiger partial charge in [-0.1, -0.05) is 36.4 Å². The van der Waals surface area contributed by atoms with Crippen LogP contribution in [-0.4, -0.2) is 38.0 Å². The molecular weight excluding hydrogens is 356 g/mol. The normalized spacial score (nSPS) is 16.1. The van der Waals surface area contributed by atoms with Crippen molar-refractivity contribution < 1.29 is 19.1 Å². The second kappa shape index (κ2) is 9.17. The molecule has 1 atom stereocenters. The van der Waals surface area contributed by atoms with Gasteiger partial charge in [-0.3, -0.25) is 9.59 Å². The number of nitrogens with one attached hydrogen (secondary N) is 1. The molecule has 0 aliphatic carbocycles. The molecule has 0 radical (unpaired) electrons. The fourth-order valence-electron chi connectivity index (χ4n) is 3.34. The van der Waals surface area contributed by atoms with Gasteiger partial charge >= 0.3 is 5.97 Å². The molecule has 6 heteroatoms. The van der Waals surface area contributed by atoms with Crippen LogP contribution >= 0.6 is 0 Å². The minimum absolute atomic E-state index is 0.104. The molecule has 3 rings (SSSR count). The number of nitrogens with zero attached hydrogens (tertiary/aromatic N) is 1. The first-order valence-electron chi connectivity index (χ1n) is 9.39. The third-order valence-electron chi connectivity index (χ3n) is 4.86. The van der Waals surface area contributed by atoms with Gasteiger partial charge in [0.25, 0.3) is 0 Å². The number of carbonyl (C=O) groups is 3. The van der Waals surface area contributed by atoms with E-state index in [0.717, 1.165) is 12.8 Å². The van der Waals surface area contributed by atoms with Crippen molar-refractivity contribution in [1.29, 1.82) is 0 Å². The number of rotatable bonds is 7. The number of methoxy groups -OCH3 is 1. The van der Waals surface area contributed by atoms with E-state index in [9.17, 15) is 14.4 Å². The third-order valence-corrected chi connectivity index (χ3v) is 4.86. The minimum atomic E-state index is -0.457. The predicted molar refractivity (Wildman–Crippen MR) is 106 cm³/mol. The molecule has 0 spiro atoms. The second-order valence-electron chi connectivity index (χ2n) is 6.83. The summed E-state index contributed by atoms with van der Waals surface area (Å²) >= 11 is 0. The highest BCUT2D eigenvalue weighted by atomic mass is 16.5. The highest BCUT2D eigenvalue weighted by molar-refractivity contribution is 6.01. The zero-order valence-electron chi connectivity index (χ0n) is 15.9. The number of carbonyl (C=O) groups excluding carboxylic acids is 3. The van der Waals surface area contributed by atoms with Crippen molar-refractivity contribution >= 4 is 23.5 Å². The fraction of sp³-hybridized carbons (Fsp3) is 0.318. The van der Waals surface area contributed by atoms with Gasteiger partial charge in [0.15, 0.2) is 0 Å². The van der Waals surface area contributed by atoms with Crippen LogP contribution in [0.3, 0.4) is 0 Å². The summed E-state index contributed by atoms with van der Waals surface area (Å²) in [6.07, 6.45) is 1.92. The number of amides is 2. The maximum absolute atomic E-state index is 12.4. The second-order valence-corrected chi connectivity index (χ2v) is 6.83. The molecule has 6 nitrogen and oxygen atoms in total. The summed E-state index contributed by atoms with van der Waals surface area (Å²) in [5.74, 6) is -1.06. The maximum atomic E-state index is 12.4. The van der Waals surface area contributed by atoms with Crippen LogP contribution in [0.4, 0.5) is 5.69 Å². The first-order valence-corrected chi connectivity index (χ1v) is 9.39. The minimum Gasteiger partial charge on any atom is -0.465 e. The molecule has 1 aliphatic heterocycles. The molecule has 2 aromatic rings. The number of anilines is 1. The van der Waals surface area contributed by atoms with Gasteiger partial charge in [-0.2, -0.15) is 0 Å². The Labute approximate surface area is 164 Å². The Morgan fingerprint density at radius 2 is 1.93 bits per heavy atom. The van der Waals surface area contributed by atoms with E-state index in [4.69, 9.17) is 4.74 Å². The van der Waals surface area contributed by atoms with Crippen LogP contribution in [0.2, 0.25) is 0 Å². The van der Waals surface area contributed by atoms with Crippen molar-refractivity contribution in [2.45, 2.75) is 19.3 Å². The number of benzene rings is 2. The zero-order valence-corrected chi connectivity index (χ0v) is 15.9. The summed E-state index contributed by atoms with van der Waals surface area (Å²) in [4.78, 5) is 38.1. The predicted octanol–water partition coefficient (Wildman–Crippen LogP) is 2.58. The Morgan fingerprint density at radius 1 is 1.14 bits per heavy atom. The Balaban J connectivity index is 1.52. The SMILES string of the molecule is COC(=O)c1cccc(N2CC(C(=O)NCCCc3ccccc3)CC2=O)c1. The summed E-state index contributed by atoms with van der Waals surface area (Å²) in [5, 5.41) is 2.93. The highest BCUT2D eigenvalue weighted by Gasteiger charge is 2.35. The molecule has 1 N–H and O–H groups in total. The topological polar surface area (TPSA) is 75.7 Å². The summed E-state index contributed by atoms with van der Waals surface area (Å²) < 4.78 is 4.72. The van der Waals surface area contributed by atoms with E-state index in [-0.39, 0.29) is 24.2 Å². The van der Waals surface area contributed by atoms with E-state index in [2.05, 4.69) is 17.4 Å². The van der Waals surface area contributed by atoms with E-state index in [0.29, 0.717) is 24.3 Å². The molecule has 0 saturated carbocycles. The third kappa shape index (κ3) is 4.76. The lowest BCUT2D eigenvalue weighted by molar-refractivity contribution is -0.126. The fourth-order valence-corrected chi connectivity index (χ4v) is 3.34. The van der Waals surface area contributed by atoms with E-state index in [1.165, 1.54) is 12.7 Å². The molecule has 146 valence electrons. The first kappa shape index (κ1) is 19.6. The summed E-state index contributed by atoms with van der Waals surface area (Å²) in [7, 11) is 1.31. The van der Waals surface area contributed by atoms with Crippen LogP contribution in [-0.2, 0) is 20.7 Å². The van der Waals surface area contributed by atoms with Gasteiger partial charge in [0, 0.05) is 25.2 Å². The average molecular weight is 380 g/mol. The van der Waals surface area contributed by atoms with Gasteiger partial charge in [0.2, 0.25) is 11.8 Å². The highest BCUT2D eigenvalue weighted by Crippen LogP contribution is 2.26. The number of hydrogen-bond acceptors (Lipinski definition) is 4. The Hall–Kier alpha value is -3.15. The van der Waals surface area contributed by atoms with Crippen LogP contribution in [0.1, 0.15) is 28.8 Å². The Kier molecular flexibility index (Phi) is 6.42. The smallest absolute Gasteiger partial charge is 0.337 e. The van der Waals surface area contributed by atoms with Crippen LogP contribution in [0.15, 0.2) is 54.6 Å². The lowest BCUT2D eigenvalue weighted by Gasteiger charge is -2.17. The lowest BCUT2D eigenvalue weighted by Crippen LogP contribution is -2.33. The maximum Gasteiger partial charge on any atom is 0.337 e. The molecule has 2 amide bonds. The van der Waals surface area contributed by atoms with Crippen molar-refractivity contribution in [1.82, 2.24) is 5.32 Å². The average Bonchev–Trinajstić information content (AvgIpc) is 3.13. The van der Waals surface area contributed by atoms with E-state index in [1.54, 1.807) is 29.2 Å². The van der Waals surface area contributed by atoms with Crippen molar-refractivity contribution in [3.05, 3.63) is 65.7 Å².